The highest BCUT2D eigenvalue weighted by atomic mass is 35.5. The summed E-state index contributed by atoms with van der Waals surface area (Å²) in [6.45, 7) is -0.273. The fourth-order valence-corrected chi connectivity index (χ4v) is 4.56. The van der Waals surface area contributed by atoms with Gasteiger partial charge in [-0.3, -0.25) is 19.3 Å². The van der Waals surface area contributed by atoms with Gasteiger partial charge in [0.25, 0.3) is 0 Å². The van der Waals surface area contributed by atoms with E-state index < -0.39 is 29.7 Å². The molecular weight excluding hydrogens is 564 g/mol. The molecule has 0 atom stereocenters. The van der Waals surface area contributed by atoms with Crippen molar-refractivity contribution in [1.29, 1.82) is 0 Å². The van der Waals surface area contributed by atoms with Crippen LogP contribution in [0.4, 0.5) is 20.2 Å². The monoisotopic (exact) mass is 589 g/mol. The van der Waals surface area contributed by atoms with Crippen LogP contribution in [0.1, 0.15) is 12.8 Å². The van der Waals surface area contributed by atoms with E-state index in [4.69, 9.17) is 4.74 Å². The summed E-state index contributed by atoms with van der Waals surface area (Å²) in [5.41, 5.74) is 2.32. The molecule has 0 unspecified atom stereocenters. The quantitative estimate of drug-likeness (QED) is 0.185. The minimum absolute atomic E-state index is 0. The van der Waals surface area contributed by atoms with Gasteiger partial charge in [-0.2, -0.15) is 5.10 Å². The number of halogens is 3. The maximum absolute atomic E-state index is 13.2. The lowest BCUT2D eigenvalue weighted by Gasteiger charge is -2.16. The predicted octanol–water partition coefficient (Wildman–Crippen LogP) is 6.78. The Bertz CT molecular complexity index is 1740. The largest absolute Gasteiger partial charge is 0.457 e. The van der Waals surface area contributed by atoms with E-state index in [0.717, 1.165) is 22.0 Å². The highest BCUT2D eigenvalue weighted by molar-refractivity contribution is 6.16. The third-order valence-electron chi connectivity index (χ3n) is 7.04. The number of anilines is 2. The minimum atomic E-state index is -1.15. The summed E-state index contributed by atoms with van der Waals surface area (Å²) in [4.78, 5) is 30.2. The zero-order valence-corrected chi connectivity index (χ0v) is 23.0. The molecular formula is C31H26ClF2N5O3. The fraction of sp³-hybridized carbons (Fsp3) is 0.161. The van der Waals surface area contributed by atoms with Crippen molar-refractivity contribution >= 4 is 46.5 Å². The van der Waals surface area contributed by atoms with Gasteiger partial charge in [0.05, 0.1) is 18.3 Å². The maximum Gasteiger partial charge on any atom is 0.240 e. The van der Waals surface area contributed by atoms with Gasteiger partial charge in [0, 0.05) is 34.7 Å². The van der Waals surface area contributed by atoms with Gasteiger partial charge in [-0.05, 0) is 85.1 Å². The van der Waals surface area contributed by atoms with Crippen molar-refractivity contribution in [2.24, 2.45) is 5.41 Å². The second-order valence-electron chi connectivity index (χ2n) is 9.85. The smallest absolute Gasteiger partial charge is 0.240 e. The van der Waals surface area contributed by atoms with Gasteiger partial charge in [-0.1, -0.05) is 6.07 Å². The van der Waals surface area contributed by atoms with E-state index in [2.05, 4.69) is 20.7 Å². The molecule has 0 spiro atoms. The molecule has 1 saturated carbocycles. The molecule has 0 aliphatic heterocycles. The summed E-state index contributed by atoms with van der Waals surface area (Å²) >= 11 is 0. The van der Waals surface area contributed by atoms with Crippen LogP contribution in [0.3, 0.4) is 0 Å². The molecule has 0 bridgehead atoms. The Hall–Kier alpha value is -4.83. The second-order valence-corrected chi connectivity index (χ2v) is 9.85. The van der Waals surface area contributed by atoms with Crippen LogP contribution in [0.5, 0.6) is 11.5 Å². The van der Waals surface area contributed by atoms with E-state index in [0.29, 0.717) is 35.7 Å². The van der Waals surface area contributed by atoms with Crippen molar-refractivity contribution < 1.29 is 23.1 Å². The summed E-state index contributed by atoms with van der Waals surface area (Å²) in [6.07, 6.45) is 6.02. The molecule has 1 fully saturated rings. The molecule has 6 rings (SSSR count). The Morgan fingerprint density at radius 3 is 2.21 bits per heavy atom. The number of hydrogen-bond acceptors (Lipinski definition) is 5. The molecule has 3 aromatic carbocycles. The average Bonchev–Trinajstić information content (AvgIpc) is 3.68. The van der Waals surface area contributed by atoms with Gasteiger partial charge in [0.1, 0.15) is 29.4 Å². The fourth-order valence-electron chi connectivity index (χ4n) is 4.56. The normalized spacial score (nSPS) is 13.2. The standard InChI is InChI=1S/C31H25F2N5O3.ClH/c32-14-16-38-19-21(18-35-38)20-1-10-26-27(17-20)34-15-11-28(26)41-25-8-6-24(7-9-25)37-30(40)31(12-13-31)29(39)36-23-4-2-22(33)3-5-23;/h1-11,15,17-19H,12-14,16H2,(H,36,39)(H,37,40);1H. The number of hydrogen-bond donors (Lipinski definition) is 2. The Balaban J connectivity index is 0.00000353. The number of carbonyl (C=O) groups excluding carboxylic acids is 2. The van der Waals surface area contributed by atoms with Gasteiger partial charge in [0.15, 0.2) is 0 Å². The van der Waals surface area contributed by atoms with E-state index in [1.165, 1.54) is 24.3 Å². The lowest BCUT2D eigenvalue weighted by atomic mass is 10.0. The van der Waals surface area contributed by atoms with Gasteiger partial charge in [-0.25, -0.2) is 8.78 Å². The predicted molar refractivity (Wildman–Crippen MR) is 158 cm³/mol. The molecule has 2 heterocycles. The topological polar surface area (TPSA) is 98.1 Å². The Kier molecular flexibility index (Phi) is 8.17. The summed E-state index contributed by atoms with van der Waals surface area (Å²) in [7, 11) is 0. The molecule has 1 aliphatic rings. The van der Waals surface area contributed by atoms with Gasteiger partial charge < -0.3 is 15.4 Å². The lowest BCUT2D eigenvalue weighted by molar-refractivity contribution is -0.131. The number of amides is 2. The number of nitrogens with zero attached hydrogens (tertiary/aromatic N) is 3. The summed E-state index contributed by atoms with van der Waals surface area (Å²) in [5.74, 6) is -0.0419. The second kappa shape index (κ2) is 12.0. The molecule has 42 heavy (non-hydrogen) atoms. The number of fused-ring (bicyclic) bond motifs is 1. The highest BCUT2D eigenvalue weighted by Gasteiger charge is 2.56. The Labute approximate surface area is 246 Å². The average molecular weight is 590 g/mol. The van der Waals surface area contributed by atoms with Crippen LogP contribution in [0.2, 0.25) is 0 Å². The van der Waals surface area contributed by atoms with Gasteiger partial charge in [0.2, 0.25) is 11.8 Å². The van der Waals surface area contributed by atoms with E-state index in [1.807, 2.05) is 18.2 Å². The summed E-state index contributed by atoms with van der Waals surface area (Å²) in [5, 5.41) is 10.5. The molecule has 5 aromatic rings. The van der Waals surface area contributed by atoms with Crippen molar-refractivity contribution in [3.05, 3.63) is 97.2 Å². The number of ether oxygens (including phenoxy) is 1. The van der Waals surface area contributed by atoms with Crippen LogP contribution in [-0.2, 0) is 16.1 Å². The van der Waals surface area contributed by atoms with Crippen LogP contribution < -0.4 is 15.4 Å². The van der Waals surface area contributed by atoms with Crippen molar-refractivity contribution in [2.45, 2.75) is 19.4 Å². The zero-order chi connectivity index (χ0) is 28.4. The third-order valence-corrected chi connectivity index (χ3v) is 7.04. The van der Waals surface area contributed by atoms with E-state index in [-0.39, 0.29) is 19.0 Å². The maximum atomic E-state index is 13.2. The molecule has 2 aromatic heterocycles. The van der Waals surface area contributed by atoms with E-state index in [9.17, 15) is 18.4 Å². The van der Waals surface area contributed by atoms with Crippen molar-refractivity contribution in [1.82, 2.24) is 14.8 Å². The van der Waals surface area contributed by atoms with Crippen LogP contribution in [0.25, 0.3) is 22.0 Å². The minimum Gasteiger partial charge on any atom is -0.457 e. The SMILES string of the molecule is Cl.O=C(Nc1ccc(F)cc1)C1(C(=O)Nc2ccc(Oc3ccnc4cc(-c5cnn(CCF)c5)ccc34)cc2)CC1. The first kappa shape index (κ1) is 28.7. The van der Waals surface area contributed by atoms with Crippen molar-refractivity contribution in [3.63, 3.8) is 0 Å². The van der Waals surface area contributed by atoms with Crippen LogP contribution in [0, 0.1) is 11.2 Å². The first-order valence-corrected chi connectivity index (χ1v) is 13.1. The number of aromatic nitrogens is 3. The molecule has 8 nitrogen and oxygen atoms in total. The molecule has 1 aliphatic carbocycles. The summed E-state index contributed by atoms with van der Waals surface area (Å²) in [6, 6.07) is 19.8. The molecule has 214 valence electrons. The van der Waals surface area contributed by atoms with Crippen LogP contribution in [-0.4, -0.2) is 33.3 Å². The Morgan fingerprint density at radius 1 is 0.905 bits per heavy atom. The summed E-state index contributed by atoms with van der Waals surface area (Å²) < 4.78 is 33.5. The number of rotatable bonds is 9. The Morgan fingerprint density at radius 2 is 1.57 bits per heavy atom. The van der Waals surface area contributed by atoms with E-state index in [1.54, 1.807) is 53.6 Å². The zero-order valence-electron chi connectivity index (χ0n) is 22.2. The number of aryl methyl sites for hydroxylation is 1. The van der Waals surface area contributed by atoms with Gasteiger partial charge >= 0.3 is 0 Å². The number of pyridine rings is 1. The van der Waals surface area contributed by atoms with E-state index >= 15 is 0 Å². The first-order valence-electron chi connectivity index (χ1n) is 13.1. The molecule has 0 saturated heterocycles. The van der Waals surface area contributed by atoms with Crippen molar-refractivity contribution in [3.8, 4) is 22.6 Å². The van der Waals surface area contributed by atoms with Crippen LogP contribution >= 0.6 is 12.4 Å². The molecule has 2 amide bonds. The number of alkyl halides is 1. The molecule has 11 heteroatoms. The number of benzene rings is 3. The number of nitrogens with one attached hydrogen (secondary N) is 2. The molecule has 2 N–H and O–H groups in total. The highest BCUT2D eigenvalue weighted by Crippen LogP contribution is 2.47. The van der Waals surface area contributed by atoms with Gasteiger partial charge in [-0.15, -0.1) is 12.4 Å². The van der Waals surface area contributed by atoms with Crippen molar-refractivity contribution in [2.75, 3.05) is 17.3 Å². The number of carbonyl (C=O) groups is 2. The van der Waals surface area contributed by atoms with Crippen LogP contribution in [0.15, 0.2) is 91.4 Å². The molecule has 0 radical (unpaired) electrons. The lowest BCUT2D eigenvalue weighted by Crippen LogP contribution is -2.35. The first-order chi connectivity index (χ1) is 19.9. The third kappa shape index (κ3) is 5.94.